The fraction of sp³-hybridized carbons (Fsp3) is 0.696. The monoisotopic (exact) mass is 394 g/mol. The van der Waals surface area contributed by atoms with Gasteiger partial charge in [0.25, 0.3) is 0 Å². The van der Waals surface area contributed by atoms with Crippen molar-refractivity contribution in [3.63, 3.8) is 0 Å². The first-order valence-corrected chi connectivity index (χ1v) is 10.8. The molecular weight excluding hydrogens is 356 g/mol. The van der Waals surface area contributed by atoms with Crippen LogP contribution in [0, 0.1) is 0 Å². The van der Waals surface area contributed by atoms with Gasteiger partial charge in [-0.05, 0) is 32.1 Å². The van der Waals surface area contributed by atoms with E-state index in [9.17, 15) is 14.4 Å². The second kappa shape index (κ2) is 19.8. The molecule has 0 atom stereocenters. The molecular formula is C23H38O5. The maximum atomic E-state index is 11.5. The fourth-order valence-electron chi connectivity index (χ4n) is 2.73. The summed E-state index contributed by atoms with van der Waals surface area (Å²) < 4.78 is 9.30. The SMILES string of the molecule is CCCCCCCCC=CC(=O)OC(=O)C=CCCCCCCCC(=O)OC. The second-order valence-corrected chi connectivity index (χ2v) is 6.98. The Balaban J connectivity index is 3.58. The lowest BCUT2D eigenvalue weighted by Gasteiger charge is -2.00. The molecule has 0 aliphatic heterocycles. The second-order valence-electron chi connectivity index (χ2n) is 6.98. The van der Waals surface area contributed by atoms with Gasteiger partial charge in [0.15, 0.2) is 0 Å². The van der Waals surface area contributed by atoms with Crippen molar-refractivity contribution in [2.75, 3.05) is 7.11 Å². The molecule has 0 aromatic heterocycles. The van der Waals surface area contributed by atoms with Crippen molar-refractivity contribution < 1.29 is 23.9 Å². The number of allylic oxidation sites excluding steroid dienone is 2. The van der Waals surface area contributed by atoms with E-state index in [2.05, 4.69) is 11.7 Å². The molecule has 5 heteroatoms. The zero-order valence-corrected chi connectivity index (χ0v) is 17.8. The van der Waals surface area contributed by atoms with Crippen LogP contribution in [0.3, 0.4) is 0 Å². The molecule has 0 rings (SSSR count). The van der Waals surface area contributed by atoms with E-state index >= 15 is 0 Å². The van der Waals surface area contributed by atoms with Gasteiger partial charge < -0.3 is 9.47 Å². The van der Waals surface area contributed by atoms with Crippen molar-refractivity contribution in [2.45, 2.75) is 96.8 Å². The zero-order valence-electron chi connectivity index (χ0n) is 17.8. The molecule has 0 saturated carbocycles. The third kappa shape index (κ3) is 18.9. The van der Waals surface area contributed by atoms with Crippen LogP contribution >= 0.6 is 0 Å². The van der Waals surface area contributed by atoms with Gasteiger partial charge in [0.1, 0.15) is 0 Å². The Morgan fingerprint density at radius 2 is 1.14 bits per heavy atom. The Kier molecular flexibility index (Phi) is 18.5. The van der Waals surface area contributed by atoms with E-state index in [1.807, 2.05) is 0 Å². The van der Waals surface area contributed by atoms with Crippen LogP contribution in [-0.4, -0.2) is 25.0 Å². The van der Waals surface area contributed by atoms with E-state index in [1.54, 1.807) is 12.2 Å². The number of hydrogen-bond acceptors (Lipinski definition) is 5. The quantitative estimate of drug-likeness (QED) is 0.134. The number of rotatable bonds is 17. The number of methoxy groups -OCH3 is 1. The van der Waals surface area contributed by atoms with Crippen molar-refractivity contribution in [1.82, 2.24) is 0 Å². The number of ether oxygens (including phenoxy) is 2. The average Bonchev–Trinajstić information content (AvgIpc) is 2.68. The number of carbonyl (C=O) groups excluding carboxylic acids is 3. The highest BCUT2D eigenvalue weighted by atomic mass is 16.6. The van der Waals surface area contributed by atoms with Crippen LogP contribution < -0.4 is 0 Å². The van der Waals surface area contributed by atoms with Gasteiger partial charge in [0, 0.05) is 18.6 Å². The number of carbonyl (C=O) groups is 3. The molecule has 0 aromatic rings. The minimum atomic E-state index is -0.618. The van der Waals surface area contributed by atoms with Crippen LogP contribution in [0.25, 0.3) is 0 Å². The molecule has 0 unspecified atom stereocenters. The molecule has 0 N–H and O–H groups in total. The molecule has 0 saturated heterocycles. The van der Waals surface area contributed by atoms with E-state index < -0.39 is 11.9 Å². The number of esters is 3. The third-order valence-corrected chi connectivity index (χ3v) is 4.41. The highest BCUT2D eigenvalue weighted by molar-refractivity contribution is 5.96. The van der Waals surface area contributed by atoms with E-state index in [0.717, 1.165) is 51.4 Å². The normalized spacial score (nSPS) is 11.2. The summed E-state index contributed by atoms with van der Waals surface area (Å²) in [4.78, 5) is 34.0. The van der Waals surface area contributed by atoms with E-state index in [4.69, 9.17) is 4.74 Å². The van der Waals surface area contributed by atoms with Gasteiger partial charge in [-0.15, -0.1) is 0 Å². The van der Waals surface area contributed by atoms with Gasteiger partial charge in [-0.25, -0.2) is 9.59 Å². The molecule has 28 heavy (non-hydrogen) atoms. The third-order valence-electron chi connectivity index (χ3n) is 4.41. The number of unbranched alkanes of at least 4 members (excludes halogenated alkanes) is 11. The van der Waals surface area contributed by atoms with E-state index in [1.165, 1.54) is 51.4 Å². The maximum Gasteiger partial charge on any atom is 0.338 e. The smallest absolute Gasteiger partial charge is 0.338 e. The Hall–Kier alpha value is -1.91. The standard InChI is InChI=1S/C23H38O5/c1-3-4-5-6-7-9-13-16-19-22(25)28-23(26)20-17-14-11-8-10-12-15-18-21(24)27-2/h16-17,19-20H,3-15,18H2,1-2H3. The molecule has 0 radical (unpaired) electrons. The minimum absolute atomic E-state index is 0.159. The van der Waals surface area contributed by atoms with Crippen LogP contribution in [0.2, 0.25) is 0 Å². The molecule has 0 bridgehead atoms. The summed E-state index contributed by atoms with van der Waals surface area (Å²) in [5.41, 5.74) is 0. The lowest BCUT2D eigenvalue weighted by atomic mass is 10.1. The largest absolute Gasteiger partial charge is 0.469 e. The fourth-order valence-corrected chi connectivity index (χ4v) is 2.73. The molecule has 0 aliphatic carbocycles. The summed E-state index contributed by atoms with van der Waals surface area (Å²) in [5, 5.41) is 0. The highest BCUT2D eigenvalue weighted by Crippen LogP contribution is 2.08. The summed E-state index contributed by atoms with van der Waals surface area (Å²) in [7, 11) is 1.40. The molecule has 160 valence electrons. The molecule has 0 aliphatic rings. The topological polar surface area (TPSA) is 69.7 Å². The lowest BCUT2D eigenvalue weighted by Crippen LogP contribution is -2.06. The Morgan fingerprint density at radius 3 is 1.64 bits per heavy atom. The van der Waals surface area contributed by atoms with Gasteiger partial charge in [-0.1, -0.05) is 70.4 Å². The summed E-state index contributed by atoms with van der Waals surface area (Å²) in [6.45, 7) is 2.20. The van der Waals surface area contributed by atoms with Crippen LogP contribution in [-0.2, 0) is 23.9 Å². The predicted molar refractivity (Wildman–Crippen MR) is 112 cm³/mol. The molecule has 0 heterocycles. The first-order valence-electron chi connectivity index (χ1n) is 10.8. The lowest BCUT2D eigenvalue weighted by molar-refractivity contribution is -0.152. The molecule has 0 fully saturated rings. The van der Waals surface area contributed by atoms with Gasteiger partial charge in [0.05, 0.1) is 7.11 Å². The van der Waals surface area contributed by atoms with Gasteiger partial charge in [-0.3, -0.25) is 4.79 Å². The Morgan fingerprint density at radius 1 is 0.679 bits per heavy atom. The van der Waals surface area contributed by atoms with Gasteiger partial charge in [0.2, 0.25) is 0 Å². The highest BCUT2D eigenvalue weighted by Gasteiger charge is 2.03. The average molecular weight is 395 g/mol. The summed E-state index contributed by atoms with van der Waals surface area (Å²) in [6.07, 6.45) is 20.4. The molecule has 0 amide bonds. The first kappa shape index (κ1) is 26.1. The summed E-state index contributed by atoms with van der Waals surface area (Å²) >= 11 is 0. The molecule has 5 nitrogen and oxygen atoms in total. The first-order chi connectivity index (χ1) is 13.6. The van der Waals surface area contributed by atoms with Crippen molar-refractivity contribution >= 4 is 17.9 Å². The number of hydrogen-bond donors (Lipinski definition) is 0. The predicted octanol–water partition coefficient (Wildman–Crippen LogP) is 5.82. The van der Waals surface area contributed by atoms with Crippen molar-refractivity contribution in [1.29, 1.82) is 0 Å². The van der Waals surface area contributed by atoms with Gasteiger partial charge >= 0.3 is 17.9 Å². The van der Waals surface area contributed by atoms with Crippen molar-refractivity contribution in [2.24, 2.45) is 0 Å². The van der Waals surface area contributed by atoms with Crippen molar-refractivity contribution in [3.8, 4) is 0 Å². The Bertz CT molecular complexity index is 479. The maximum absolute atomic E-state index is 11.5. The zero-order chi connectivity index (χ0) is 20.9. The minimum Gasteiger partial charge on any atom is -0.469 e. The van der Waals surface area contributed by atoms with Crippen LogP contribution in [0.4, 0.5) is 0 Å². The van der Waals surface area contributed by atoms with Gasteiger partial charge in [-0.2, -0.15) is 0 Å². The van der Waals surface area contributed by atoms with Crippen molar-refractivity contribution in [3.05, 3.63) is 24.3 Å². The summed E-state index contributed by atoms with van der Waals surface area (Å²) in [5.74, 6) is -1.38. The molecule has 0 spiro atoms. The van der Waals surface area contributed by atoms with Crippen LogP contribution in [0.15, 0.2) is 24.3 Å². The van der Waals surface area contributed by atoms with E-state index in [-0.39, 0.29) is 5.97 Å². The van der Waals surface area contributed by atoms with Crippen LogP contribution in [0.1, 0.15) is 96.8 Å². The van der Waals surface area contributed by atoms with Crippen LogP contribution in [0.5, 0.6) is 0 Å². The Labute approximate surface area is 170 Å². The summed E-state index contributed by atoms with van der Waals surface area (Å²) in [6, 6.07) is 0. The molecule has 0 aromatic carbocycles. The van der Waals surface area contributed by atoms with E-state index in [0.29, 0.717) is 6.42 Å².